The normalized spacial score (nSPS) is 19.2. The minimum atomic E-state index is -1.28. The fourth-order valence-electron chi connectivity index (χ4n) is 2.59. The Labute approximate surface area is 132 Å². The number of rotatable bonds is 5. The summed E-state index contributed by atoms with van der Waals surface area (Å²) in [5.41, 5.74) is -0.829. The topological polar surface area (TPSA) is 38.0 Å². The van der Waals surface area contributed by atoms with E-state index in [1.165, 1.54) is 18.6 Å². The Balaban J connectivity index is 1.91. The van der Waals surface area contributed by atoms with Crippen molar-refractivity contribution in [2.45, 2.75) is 36.3 Å². The Morgan fingerprint density at radius 1 is 1.38 bits per heavy atom. The van der Waals surface area contributed by atoms with Gasteiger partial charge in [-0.25, -0.2) is 9.37 Å². The first-order valence-electron chi connectivity index (χ1n) is 6.74. The number of aliphatic hydroxyl groups is 1. The molecule has 1 atom stereocenters. The van der Waals surface area contributed by atoms with Crippen LogP contribution in [0.1, 0.15) is 18.4 Å². The number of imidazole rings is 1. The Kier molecular flexibility index (Phi) is 3.72. The van der Waals surface area contributed by atoms with Gasteiger partial charge in [0.05, 0.1) is 23.9 Å². The van der Waals surface area contributed by atoms with Gasteiger partial charge in [0.2, 0.25) is 0 Å². The molecule has 1 N–H and O–H groups in total. The second-order valence-electron chi connectivity index (χ2n) is 5.61. The van der Waals surface area contributed by atoms with Crippen LogP contribution < -0.4 is 0 Å². The van der Waals surface area contributed by atoms with Crippen molar-refractivity contribution in [1.82, 2.24) is 9.55 Å². The summed E-state index contributed by atoms with van der Waals surface area (Å²) in [5.74, 6) is -0.339. The summed E-state index contributed by atoms with van der Waals surface area (Å²) in [7, 11) is 0. The van der Waals surface area contributed by atoms with Crippen LogP contribution in [0.5, 0.6) is 0 Å². The van der Waals surface area contributed by atoms with E-state index in [-0.39, 0.29) is 18.8 Å². The number of aromatic nitrogens is 2. The Morgan fingerprint density at radius 2 is 2.10 bits per heavy atom. The average Bonchev–Trinajstić information content (AvgIpc) is 3.09. The van der Waals surface area contributed by atoms with E-state index in [0.29, 0.717) is 23.6 Å². The molecular weight excluding hydrogens is 314 g/mol. The SMILES string of the molecule is OC(Cc1ccccc1F)(Cn1cncc1Cl)C1(Cl)CC1. The van der Waals surface area contributed by atoms with E-state index in [0.717, 1.165) is 0 Å². The Bertz CT molecular complexity index is 657. The van der Waals surface area contributed by atoms with Crippen LogP contribution in [0.4, 0.5) is 4.39 Å². The maximum absolute atomic E-state index is 13.9. The lowest BCUT2D eigenvalue weighted by Gasteiger charge is -2.34. The van der Waals surface area contributed by atoms with E-state index >= 15 is 0 Å². The third kappa shape index (κ3) is 2.80. The first-order valence-corrected chi connectivity index (χ1v) is 7.49. The molecule has 0 aliphatic heterocycles. The first-order chi connectivity index (χ1) is 9.94. The number of halogens is 3. The molecule has 21 heavy (non-hydrogen) atoms. The maximum atomic E-state index is 13.9. The predicted molar refractivity (Wildman–Crippen MR) is 80.1 cm³/mol. The molecule has 0 bridgehead atoms. The van der Waals surface area contributed by atoms with E-state index < -0.39 is 10.5 Å². The molecule has 0 radical (unpaired) electrons. The first kappa shape index (κ1) is 14.8. The van der Waals surface area contributed by atoms with Gasteiger partial charge in [-0.1, -0.05) is 29.8 Å². The van der Waals surface area contributed by atoms with Crippen molar-refractivity contribution in [2.24, 2.45) is 0 Å². The number of hydrogen-bond donors (Lipinski definition) is 1. The molecule has 0 amide bonds. The zero-order chi connectivity index (χ0) is 15.1. The largest absolute Gasteiger partial charge is 0.386 e. The highest BCUT2D eigenvalue weighted by molar-refractivity contribution is 6.29. The molecule has 0 spiro atoms. The third-order valence-electron chi connectivity index (χ3n) is 4.06. The molecule has 1 unspecified atom stereocenters. The van der Waals surface area contributed by atoms with Crippen molar-refractivity contribution in [3.8, 4) is 0 Å². The summed E-state index contributed by atoms with van der Waals surface area (Å²) in [5, 5.41) is 11.5. The van der Waals surface area contributed by atoms with Gasteiger partial charge in [-0.2, -0.15) is 0 Å². The van der Waals surface area contributed by atoms with Gasteiger partial charge in [-0.15, -0.1) is 11.6 Å². The van der Waals surface area contributed by atoms with Gasteiger partial charge in [0.25, 0.3) is 0 Å². The predicted octanol–water partition coefficient (Wildman–Crippen LogP) is 3.42. The van der Waals surface area contributed by atoms with Crippen molar-refractivity contribution >= 4 is 23.2 Å². The lowest BCUT2D eigenvalue weighted by atomic mass is 9.88. The molecule has 1 aromatic carbocycles. The molecule has 1 saturated carbocycles. The molecule has 3 nitrogen and oxygen atoms in total. The van der Waals surface area contributed by atoms with Gasteiger partial charge in [-0.3, -0.25) is 0 Å². The lowest BCUT2D eigenvalue weighted by Crippen LogP contribution is -2.47. The van der Waals surface area contributed by atoms with Crippen LogP contribution in [-0.4, -0.2) is 25.1 Å². The summed E-state index contributed by atoms with van der Waals surface area (Å²) in [6.45, 7) is 0.184. The van der Waals surface area contributed by atoms with E-state index in [1.54, 1.807) is 22.8 Å². The van der Waals surface area contributed by atoms with E-state index in [4.69, 9.17) is 23.2 Å². The lowest BCUT2D eigenvalue weighted by molar-refractivity contribution is 0.0102. The zero-order valence-electron chi connectivity index (χ0n) is 11.3. The molecule has 1 fully saturated rings. The minimum absolute atomic E-state index is 0.137. The van der Waals surface area contributed by atoms with Crippen molar-refractivity contribution in [3.05, 3.63) is 53.3 Å². The summed E-state index contributed by atoms with van der Waals surface area (Å²) in [4.78, 5) is 3.20. The van der Waals surface area contributed by atoms with Crippen LogP contribution in [0.2, 0.25) is 5.15 Å². The molecule has 1 heterocycles. The van der Waals surface area contributed by atoms with Gasteiger partial charge in [-0.05, 0) is 24.5 Å². The van der Waals surface area contributed by atoms with Gasteiger partial charge in [0.1, 0.15) is 16.6 Å². The number of hydrogen-bond acceptors (Lipinski definition) is 2. The molecule has 3 rings (SSSR count). The van der Waals surface area contributed by atoms with Crippen LogP contribution in [0.15, 0.2) is 36.8 Å². The second-order valence-corrected chi connectivity index (χ2v) is 6.72. The van der Waals surface area contributed by atoms with Gasteiger partial charge in [0, 0.05) is 6.42 Å². The zero-order valence-corrected chi connectivity index (χ0v) is 12.8. The molecule has 112 valence electrons. The highest BCUT2D eigenvalue weighted by atomic mass is 35.5. The minimum Gasteiger partial charge on any atom is -0.386 e. The summed E-state index contributed by atoms with van der Waals surface area (Å²) in [6, 6.07) is 6.42. The monoisotopic (exact) mass is 328 g/mol. The van der Waals surface area contributed by atoms with E-state index in [9.17, 15) is 9.50 Å². The fraction of sp³-hybridized carbons (Fsp3) is 0.400. The van der Waals surface area contributed by atoms with Crippen molar-refractivity contribution < 1.29 is 9.50 Å². The molecule has 1 aliphatic rings. The van der Waals surface area contributed by atoms with Crippen LogP contribution >= 0.6 is 23.2 Å². The number of alkyl halides is 1. The van der Waals surface area contributed by atoms with Crippen LogP contribution in [0.3, 0.4) is 0 Å². The molecule has 1 aromatic heterocycles. The van der Waals surface area contributed by atoms with E-state index in [1.807, 2.05) is 0 Å². The summed E-state index contributed by atoms with van der Waals surface area (Å²) < 4.78 is 15.5. The van der Waals surface area contributed by atoms with Gasteiger partial charge >= 0.3 is 0 Å². The van der Waals surface area contributed by atoms with Crippen molar-refractivity contribution in [1.29, 1.82) is 0 Å². The summed E-state index contributed by atoms with van der Waals surface area (Å²) >= 11 is 12.5. The standard InChI is InChI=1S/C15H15Cl2FN2O/c16-13-8-19-10-20(13)9-15(21,14(17)5-6-14)7-11-3-1-2-4-12(11)18/h1-4,8,10,21H,5-7,9H2. The van der Waals surface area contributed by atoms with Crippen LogP contribution in [-0.2, 0) is 13.0 Å². The molecule has 6 heteroatoms. The van der Waals surface area contributed by atoms with Crippen molar-refractivity contribution in [2.75, 3.05) is 0 Å². The second kappa shape index (κ2) is 5.27. The third-order valence-corrected chi connectivity index (χ3v) is 5.10. The summed E-state index contributed by atoms with van der Waals surface area (Å²) in [6.07, 6.45) is 4.57. The van der Waals surface area contributed by atoms with Crippen molar-refractivity contribution in [3.63, 3.8) is 0 Å². The number of benzene rings is 1. The van der Waals surface area contributed by atoms with Crippen LogP contribution in [0, 0.1) is 5.82 Å². The van der Waals surface area contributed by atoms with Gasteiger partial charge in [0.15, 0.2) is 0 Å². The van der Waals surface area contributed by atoms with Gasteiger partial charge < -0.3 is 9.67 Å². The molecule has 2 aromatic rings. The quantitative estimate of drug-likeness (QED) is 0.854. The smallest absolute Gasteiger partial charge is 0.128 e. The highest BCUT2D eigenvalue weighted by Gasteiger charge is 2.58. The Hall–Kier alpha value is -1.10. The number of nitrogens with zero attached hydrogens (tertiary/aromatic N) is 2. The van der Waals surface area contributed by atoms with E-state index in [2.05, 4.69) is 4.98 Å². The molecule has 0 saturated heterocycles. The highest BCUT2D eigenvalue weighted by Crippen LogP contribution is 2.53. The molecular formula is C15H15Cl2FN2O. The Morgan fingerprint density at radius 3 is 2.67 bits per heavy atom. The fourth-order valence-corrected chi connectivity index (χ4v) is 2.97. The maximum Gasteiger partial charge on any atom is 0.128 e. The average molecular weight is 329 g/mol. The molecule has 1 aliphatic carbocycles. The van der Waals surface area contributed by atoms with Crippen LogP contribution in [0.25, 0.3) is 0 Å².